The first-order chi connectivity index (χ1) is 8.81. The predicted octanol–water partition coefficient (Wildman–Crippen LogP) is 1.62. The summed E-state index contributed by atoms with van der Waals surface area (Å²) < 4.78 is 0. The van der Waals surface area contributed by atoms with E-state index in [9.17, 15) is 4.79 Å². The molecule has 1 heterocycles. The minimum Gasteiger partial charge on any atom is -0.325 e. The van der Waals surface area contributed by atoms with Crippen molar-refractivity contribution >= 4 is 11.7 Å². The van der Waals surface area contributed by atoms with Gasteiger partial charge < -0.3 is 16.0 Å². The van der Waals surface area contributed by atoms with Crippen LogP contribution in [0.2, 0.25) is 0 Å². The summed E-state index contributed by atoms with van der Waals surface area (Å²) in [7, 11) is 0. The number of hydrogen-bond acceptors (Lipinski definition) is 2. The van der Waals surface area contributed by atoms with Gasteiger partial charge in [0.2, 0.25) is 0 Å². The van der Waals surface area contributed by atoms with E-state index in [2.05, 4.69) is 17.2 Å². The molecule has 0 atom stereocenters. The normalized spacial score (nSPS) is 13.9. The average molecular weight is 243 g/mol. The summed E-state index contributed by atoms with van der Waals surface area (Å²) in [5.74, 6) is 5.76. The van der Waals surface area contributed by atoms with Gasteiger partial charge in [-0.05, 0) is 25.0 Å². The molecule has 3 N–H and O–H groups in total. The maximum atomic E-state index is 12.0. The second kappa shape index (κ2) is 6.08. The van der Waals surface area contributed by atoms with Gasteiger partial charge in [-0.1, -0.05) is 24.0 Å². The highest BCUT2D eigenvalue weighted by atomic mass is 16.2. The van der Waals surface area contributed by atoms with Crippen molar-refractivity contribution in [2.45, 2.75) is 12.8 Å². The Bertz CT molecular complexity index is 481. The highest BCUT2D eigenvalue weighted by Crippen LogP contribution is 2.16. The maximum absolute atomic E-state index is 12.0. The van der Waals surface area contributed by atoms with Crippen LogP contribution in [-0.2, 0) is 0 Å². The molecule has 4 heteroatoms. The second-order valence-electron chi connectivity index (χ2n) is 4.18. The third-order valence-electron chi connectivity index (χ3n) is 2.89. The molecule has 0 aromatic heterocycles. The predicted molar refractivity (Wildman–Crippen MR) is 72.2 cm³/mol. The minimum absolute atomic E-state index is 0.0468. The van der Waals surface area contributed by atoms with Gasteiger partial charge >= 0.3 is 6.03 Å². The van der Waals surface area contributed by atoms with Crippen molar-refractivity contribution in [3.05, 3.63) is 29.8 Å². The van der Waals surface area contributed by atoms with Crippen LogP contribution in [0.25, 0.3) is 0 Å². The van der Waals surface area contributed by atoms with E-state index in [1.807, 2.05) is 29.2 Å². The number of carbonyl (C=O) groups excluding carboxylic acids is 1. The molecule has 0 saturated carbocycles. The molecule has 1 fully saturated rings. The number of nitrogens with one attached hydrogen (secondary N) is 1. The van der Waals surface area contributed by atoms with Crippen molar-refractivity contribution in [3.8, 4) is 11.8 Å². The summed E-state index contributed by atoms with van der Waals surface area (Å²) in [5.41, 5.74) is 6.91. The average Bonchev–Trinajstić information content (AvgIpc) is 2.91. The van der Waals surface area contributed by atoms with Crippen LogP contribution in [0.1, 0.15) is 18.4 Å². The number of nitrogens with two attached hydrogens (primary N) is 1. The highest BCUT2D eigenvalue weighted by Gasteiger charge is 2.18. The van der Waals surface area contributed by atoms with Gasteiger partial charge in [0.05, 0.1) is 12.2 Å². The van der Waals surface area contributed by atoms with Crippen LogP contribution in [0, 0.1) is 11.8 Å². The summed E-state index contributed by atoms with van der Waals surface area (Å²) in [6, 6.07) is 7.46. The van der Waals surface area contributed by atoms with Crippen LogP contribution in [0.5, 0.6) is 0 Å². The number of hydrogen-bond donors (Lipinski definition) is 2. The van der Waals surface area contributed by atoms with E-state index in [1.165, 1.54) is 0 Å². The highest BCUT2D eigenvalue weighted by molar-refractivity contribution is 5.91. The second-order valence-corrected chi connectivity index (χ2v) is 4.18. The molecule has 0 unspecified atom stereocenters. The van der Waals surface area contributed by atoms with E-state index in [0.29, 0.717) is 6.54 Å². The number of urea groups is 1. The van der Waals surface area contributed by atoms with Crippen molar-refractivity contribution in [1.29, 1.82) is 0 Å². The first kappa shape index (κ1) is 12.5. The van der Waals surface area contributed by atoms with Crippen LogP contribution in [0.3, 0.4) is 0 Å². The van der Waals surface area contributed by atoms with E-state index in [4.69, 9.17) is 5.73 Å². The fourth-order valence-corrected chi connectivity index (χ4v) is 1.96. The van der Waals surface area contributed by atoms with E-state index in [-0.39, 0.29) is 6.03 Å². The fraction of sp³-hybridized carbons (Fsp3) is 0.357. The molecule has 2 amide bonds. The molecule has 18 heavy (non-hydrogen) atoms. The van der Waals surface area contributed by atoms with Crippen molar-refractivity contribution in [3.63, 3.8) is 0 Å². The lowest BCUT2D eigenvalue weighted by atomic mass is 10.2. The van der Waals surface area contributed by atoms with Gasteiger partial charge in [0.25, 0.3) is 0 Å². The summed E-state index contributed by atoms with van der Waals surface area (Å²) in [6.07, 6.45) is 2.17. The van der Waals surface area contributed by atoms with E-state index >= 15 is 0 Å². The molecule has 2 rings (SSSR count). The Morgan fingerprint density at radius 3 is 2.78 bits per heavy atom. The van der Waals surface area contributed by atoms with E-state index in [0.717, 1.165) is 37.2 Å². The van der Waals surface area contributed by atoms with Crippen molar-refractivity contribution < 1.29 is 4.79 Å². The molecule has 0 bridgehead atoms. The fourth-order valence-electron chi connectivity index (χ4n) is 1.96. The molecule has 4 nitrogen and oxygen atoms in total. The topological polar surface area (TPSA) is 58.4 Å². The number of nitrogens with zero attached hydrogens (tertiary/aromatic N) is 1. The van der Waals surface area contributed by atoms with Gasteiger partial charge in [0.15, 0.2) is 0 Å². The molecule has 1 saturated heterocycles. The molecular weight excluding hydrogens is 226 g/mol. The largest absolute Gasteiger partial charge is 0.325 e. The van der Waals surface area contributed by atoms with Gasteiger partial charge in [-0.25, -0.2) is 4.79 Å². The van der Waals surface area contributed by atoms with Crippen LogP contribution < -0.4 is 11.1 Å². The Hall–Kier alpha value is -1.99. The van der Waals surface area contributed by atoms with Crippen LogP contribution in [0.4, 0.5) is 10.5 Å². The molecule has 1 aliphatic rings. The minimum atomic E-state index is -0.0468. The van der Waals surface area contributed by atoms with E-state index < -0.39 is 0 Å². The Labute approximate surface area is 107 Å². The lowest BCUT2D eigenvalue weighted by molar-refractivity contribution is 0.222. The number of rotatable bonds is 1. The van der Waals surface area contributed by atoms with Crippen molar-refractivity contribution in [2.24, 2.45) is 5.73 Å². The lowest BCUT2D eigenvalue weighted by Gasteiger charge is -2.16. The van der Waals surface area contributed by atoms with Crippen molar-refractivity contribution in [2.75, 3.05) is 25.0 Å². The molecular formula is C14H17N3O. The monoisotopic (exact) mass is 243 g/mol. The van der Waals surface area contributed by atoms with Crippen LogP contribution in [-0.4, -0.2) is 30.6 Å². The Morgan fingerprint density at radius 2 is 2.06 bits per heavy atom. The third kappa shape index (κ3) is 3.02. The summed E-state index contributed by atoms with van der Waals surface area (Å²) in [6.45, 7) is 1.99. The number of likely N-dealkylation sites (tertiary alicyclic amines) is 1. The molecule has 1 aliphatic heterocycles. The van der Waals surface area contributed by atoms with Crippen LogP contribution >= 0.6 is 0 Å². The zero-order chi connectivity index (χ0) is 12.8. The molecule has 0 radical (unpaired) electrons. The lowest BCUT2D eigenvalue weighted by Crippen LogP contribution is -2.32. The van der Waals surface area contributed by atoms with Gasteiger partial charge in [-0.2, -0.15) is 0 Å². The number of anilines is 1. The van der Waals surface area contributed by atoms with E-state index in [1.54, 1.807) is 0 Å². The third-order valence-corrected chi connectivity index (χ3v) is 2.89. The summed E-state index contributed by atoms with van der Waals surface area (Å²) in [5, 5.41) is 2.91. The molecule has 1 aromatic carbocycles. The Balaban J connectivity index is 2.10. The molecule has 0 spiro atoms. The van der Waals surface area contributed by atoms with Gasteiger partial charge in [-0.3, -0.25) is 0 Å². The smallest absolute Gasteiger partial charge is 0.321 e. The Morgan fingerprint density at radius 1 is 1.33 bits per heavy atom. The number of para-hydroxylation sites is 1. The molecule has 94 valence electrons. The quantitative estimate of drug-likeness (QED) is 0.736. The number of carbonyl (C=O) groups is 1. The number of amides is 2. The van der Waals surface area contributed by atoms with Gasteiger partial charge in [0.1, 0.15) is 0 Å². The first-order valence-corrected chi connectivity index (χ1v) is 6.15. The van der Waals surface area contributed by atoms with Crippen molar-refractivity contribution in [1.82, 2.24) is 4.90 Å². The zero-order valence-corrected chi connectivity index (χ0v) is 10.3. The standard InChI is InChI=1S/C14H17N3O/c15-9-5-7-12-6-1-2-8-13(12)16-14(18)17-10-3-4-11-17/h1-2,6,8H,3-4,9-11,15H2,(H,16,18). The summed E-state index contributed by atoms with van der Waals surface area (Å²) >= 11 is 0. The molecule has 1 aromatic rings. The summed E-state index contributed by atoms with van der Waals surface area (Å²) in [4.78, 5) is 13.8. The zero-order valence-electron chi connectivity index (χ0n) is 10.3. The van der Waals surface area contributed by atoms with Gasteiger partial charge in [-0.15, -0.1) is 0 Å². The van der Waals surface area contributed by atoms with Crippen LogP contribution in [0.15, 0.2) is 24.3 Å². The maximum Gasteiger partial charge on any atom is 0.321 e. The number of benzene rings is 1. The Kier molecular flexibility index (Phi) is 4.21. The van der Waals surface area contributed by atoms with Gasteiger partial charge in [0, 0.05) is 18.7 Å². The molecule has 0 aliphatic carbocycles. The SMILES string of the molecule is NCC#Cc1ccccc1NC(=O)N1CCCC1. The first-order valence-electron chi connectivity index (χ1n) is 6.15.